The van der Waals surface area contributed by atoms with Crippen LogP contribution < -0.4 is 5.06 Å². The van der Waals surface area contributed by atoms with E-state index in [9.17, 15) is 0 Å². The minimum atomic E-state index is 0.285. The molecule has 1 atom stereocenters. The summed E-state index contributed by atoms with van der Waals surface area (Å²) in [4.78, 5) is 5.40. The lowest BCUT2D eigenvalue weighted by atomic mass is 10.2. The summed E-state index contributed by atoms with van der Waals surface area (Å²) in [5.74, 6) is 0.560. The molecule has 1 aliphatic heterocycles. The van der Waals surface area contributed by atoms with E-state index in [-0.39, 0.29) is 6.23 Å². The van der Waals surface area contributed by atoms with Crippen molar-refractivity contribution in [1.29, 1.82) is 0 Å². The van der Waals surface area contributed by atoms with Crippen molar-refractivity contribution in [1.82, 2.24) is 0 Å². The van der Waals surface area contributed by atoms with Crippen LogP contribution in [0.5, 0.6) is 0 Å². The van der Waals surface area contributed by atoms with Crippen LogP contribution in [-0.2, 0) is 4.84 Å². The molecule has 0 amide bonds. The molecule has 0 aromatic heterocycles. The maximum Gasteiger partial charge on any atom is 0.183 e. The van der Waals surface area contributed by atoms with Gasteiger partial charge in [-0.3, -0.25) is 0 Å². The van der Waals surface area contributed by atoms with Crippen molar-refractivity contribution in [2.45, 2.75) is 20.1 Å². The summed E-state index contributed by atoms with van der Waals surface area (Å²) in [6.07, 6.45) is 0.285. The summed E-state index contributed by atoms with van der Waals surface area (Å²) in [6.45, 7) is 4.32. The van der Waals surface area contributed by atoms with E-state index in [4.69, 9.17) is 4.84 Å². The minimum Gasteiger partial charge on any atom is -0.243 e. The maximum absolute atomic E-state index is 5.40. The van der Waals surface area contributed by atoms with Gasteiger partial charge in [0.2, 0.25) is 0 Å². The molecule has 1 saturated heterocycles. The van der Waals surface area contributed by atoms with Gasteiger partial charge in [0.15, 0.2) is 6.23 Å². The smallest absolute Gasteiger partial charge is 0.183 e. The maximum atomic E-state index is 5.40. The molecule has 2 nitrogen and oxygen atoms in total. The molecule has 2 rings (SSSR count). The summed E-state index contributed by atoms with van der Waals surface area (Å²) in [7, 11) is 0. The van der Waals surface area contributed by atoms with Crippen molar-refractivity contribution in [2.75, 3.05) is 5.06 Å². The van der Waals surface area contributed by atoms with E-state index >= 15 is 0 Å². The fourth-order valence-electron chi connectivity index (χ4n) is 1.26. The molecule has 1 heterocycles. The molecule has 0 radical (unpaired) electrons. The molecule has 1 aliphatic rings. The van der Waals surface area contributed by atoms with E-state index in [1.54, 1.807) is 0 Å². The predicted octanol–water partition coefficient (Wildman–Crippen LogP) is 2.42. The molecule has 0 spiro atoms. The van der Waals surface area contributed by atoms with Gasteiger partial charge in [-0.1, -0.05) is 32.0 Å². The normalized spacial score (nSPS) is 21.6. The molecular formula is C10H13NO. The highest BCUT2D eigenvalue weighted by atomic mass is 16.8. The second-order valence-corrected chi connectivity index (χ2v) is 3.40. The van der Waals surface area contributed by atoms with Gasteiger partial charge in [0.1, 0.15) is 0 Å². The first-order valence-corrected chi connectivity index (χ1v) is 4.30. The van der Waals surface area contributed by atoms with Gasteiger partial charge < -0.3 is 0 Å². The molecule has 1 aromatic carbocycles. The third-order valence-electron chi connectivity index (χ3n) is 1.99. The van der Waals surface area contributed by atoms with E-state index in [1.807, 2.05) is 23.3 Å². The number of rotatable bonds is 2. The number of hydroxylamine groups is 1. The Morgan fingerprint density at radius 3 is 2.42 bits per heavy atom. The van der Waals surface area contributed by atoms with Crippen LogP contribution in [0.3, 0.4) is 0 Å². The minimum absolute atomic E-state index is 0.285. The standard InChI is InChI=1S/C10H13NO/c1-8(2)10-11(12-10)9-6-4-3-5-7-9/h3-8,10H,1-2H3. The number of benzene rings is 1. The second kappa shape index (κ2) is 2.79. The Balaban J connectivity index is 2.06. The number of para-hydroxylation sites is 1. The third-order valence-corrected chi connectivity index (χ3v) is 1.99. The SMILES string of the molecule is CC(C)C1ON1c1ccccc1. The van der Waals surface area contributed by atoms with Gasteiger partial charge in [-0.15, -0.1) is 0 Å². The highest BCUT2D eigenvalue weighted by Crippen LogP contribution is 2.33. The van der Waals surface area contributed by atoms with Gasteiger partial charge >= 0.3 is 0 Å². The average Bonchev–Trinajstić information content (AvgIpc) is 2.84. The molecule has 0 bridgehead atoms. The Bertz CT molecular complexity index is 258. The Kier molecular flexibility index (Phi) is 1.77. The topological polar surface area (TPSA) is 15.5 Å². The number of hydrogen-bond acceptors (Lipinski definition) is 2. The first kappa shape index (κ1) is 7.62. The summed E-state index contributed by atoms with van der Waals surface area (Å²) in [6, 6.07) is 10.2. The number of hydrogen-bond donors (Lipinski definition) is 0. The summed E-state index contributed by atoms with van der Waals surface area (Å²) in [5.41, 5.74) is 1.15. The average molecular weight is 163 g/mol. The van der Waals surface area contributed by atoms with Crippen molar-refractivity contribution >= 4 is 5.69 Å². The molecular weight excluding hydrogens is 150 g/mol. The molecule has 0 N–H and O–H groups in total. The lowest BCUT2D eigenvalue weighted by Gasteiger charge is -2.00. The molecule has 2 heteroatoms. The highest BCUT2D eigenvalue weighted by Gasteiger charge is 2.39. The van der Waals surface area contributed by atoms with Gasteiger partial charge in [0, 0.05) is 5.92 Å². The van der Waals surface area contributed by atoms with Gasteiger partial charge in [-0.2, -0.15) is 0 Å². The molecule has 1 aromatic rings. The Hall–Kier alpha value is -1.02. The van der Waals surface area contributed by atoms with E-state index < -0.39 is 0 Å². The van der Waals surface area contributed by atoms with E-state index in [2.05, 4.69) is 26.0 Å². The molecule has 0 aliphatic carbocycles. The summed E-state index contributed by atoms with van der Waals surface area (Å²) >= 11 is 0. The predicted molar refractivity (Wildman–Crippen MR) is 48.6 cm³/mol. The van der Waals surface area contributed by atoms with Crippen LogP contribution in [0.1, 0.15) is 13.8 Å². The fraction of sp³-hybridized carbons (Fsp3) is 0.400. The number of anilines is 1. The zero-order valence-corrected chi connectivity index (χ0v) is 7.40. The van der Waals surface area contributed by atoms with Crippen molar-refractivity contribution in [3.8, 4) is 0 Å². The Morgan fingerprint density at radius 2 is 1.92 bits per heavy atom. The van der Waals surface area contributed by atoms with Crippen molar-refractivity contribution in [3.05, 3.63) is 30.3 Å². The molecule has 64 valence electrons. The van der Waals surface area contributed by atoms with Gasteiger partial charge in [-0.25, -0.2) is 9.90 Å². The summed E-state index contributed by atoms with van der Waals surface area (Å²) < 4.78 is 0. The first-order chi connectivity index (χ1) is 5.79. The fourth-order valence-corrected chi connectivity index (χ4v) is 1.26. The van der Waals surface area contributed by atoms with Crippen LogP contribution in [0.4, 0.5) is 5.69 Å². The van der Waals surface area contributed by atoms with Gasteiger partial charge in [-0.05, 0) is 12.1 Å². The summed E-state index contributed by atoms with van der Waals surface area (Å²) in [5, 5.41) is 1.95. The lowest BCUT2D eigenvalue weighted by molar-refractivity contribution is 0.349. The van der Waals surface area contributed by atoms with Crippen LogP contribution >= 0.6 is 0 Å². The van der Waals surface area contributed by atoms with Gasteiger partial charge in [0.25, 0.3) is 0 Å². The molecule has 1 fully saturated rings. The highest BCUT2D eigenvalue weighted by molar-refractivity contribution is 5.47. The monoisotopic (exact) mass is 163 g/mol. The van der Waals surface area contributed by atoms with Crippen LogP contribution in [0.25, 0.3) is 0 Å². The quantitative estimate of drug-likeness (QED) is 0.622. The number of nitrogens with zero attached hydrogens (tertiary/aromatic N) is 1. The molecule has 0 saturated carbocycles. The van der Waals surface area contributed by atoms with Crippen molar-refractivity contribution in [2.24, 2.45) is 5.92 Å². The van der Waals surface area contributed by atoms with Gasteiger partial charge in [0.05, 0.1) is 5.69 Å². The van der Waals surface area contributed by atoms with Crippen LogP contribution in [0, 0.1) is 5.92 Å². The first-order valence-electron chi connectivity index (χ1n) is 4.30. The zero-order chi connectivity index (χ0) is 8.55. The largest absolute Gasteiger partial charge is 0.243 e. The van der Waals surface area contributed by atoms with Crippen LogP contribution in [-0.4, -0.2) is 6.23 Å². The zero-order valence-electron chi connectivity index (χ0n) is 7.40. The van der Waals surface area contributed by atoms with E-state index in [0.717, 1.165) is 5.69 Å². The Labute approximate surface area is 72.7 Å². The third kappa shape index (κ3) is 1.30. The molecule has 12 heavy (non-hydrogen) atoms. The Morgan fingerprint density at radius 1 is 1.25 bits per heavy atom. The van der Waals surface area contributed by atoms with E-state index in [1.165, 1.54) is 0 Å². The van der Waals surface area contributed by atoms with Crippen molar-refractivity contribution < 1.29 is 4.84 Å². The lowest BCUT2D eigenvalue weighted by Crippen LogP contribution is -2.05. The van der Waals surface area contributed by atoms with Crippen LogP contribution in [0.2, 0.25) is 0 Å². The van der Waals surface area contributed by atoms with Crippen molar-refractivity contribution in [3.63, 3.8) is 0 Å². The second-order valence-electron chi connectivity index (χ2n) is 3.40. The van der Waals surface area contributed by atoms with Crippen LogP contribution in [0.15, 0.2) is 30.3 Å². The van der Waals surface area contributed by atoms with E-state index in [0.29, 0.717) is 5.92 Å². The molecule has 1 unspecified atom stereocenters.